The van der Waals surface area contributed by atoms with Gasteiger partial charge in [-0.25, -0.2) is 0 Å². The predicted molar refractivity (Wildman–Crippen MR) is 206 cm³/mol. The molecule has 7 heteroatoms. The molecular weight excluding hydrogens is 629 g/mol. The first kappa shape index (κ1) is 33.2. The SMILES string of the molecule is CC12CC3CC(C)(C1)CC(PC(PC14CC5CC(C)(CC(C)(C5)C1)C4)c1ccccc1CP(C1CNCCN1)C1CNCCN1)(C3)C2. The summed E-state index contributed by atoms with van der Waals surface area (Å²) in [5, 5.41) is 17.5. The van der Waals surface area contributed by atoms with E-state index in [4.69, 9.17) is 0 Å². The Labute approximate surface area is 291 Å². The van der Waals surface area contributed by atoms with Crippen LogP contribution in [0.1, 0.15) is 121 Å². The van der Waals surface area contributed by atoms with E-state index in [0.717, 1.165) is 73.7 Å². The van der Waals surface area contributed by atoms with E-state index in [-0.39, 0.29) is 7.92 Å². The second kappa shape index (κ2) is 11.9. The molecule has 10 fully saturated rings. The number of piperazine rings is 2. The van der Waals surface area contributed by atoms with Crippen molar-refractivity contribution in [1.29, 1.82) is 0 Å². The van der Waals surface area contributed by atoms with Crippen molar-refractivity contribution in [3.05, 3.63) is 35.4 Å². The lowest BCUT2D eigenvalue weighted by molar-refractivity contribution is -0.0794. The highest BCUT2D eigenvalue weighted by Gasteiger charge is 2.63. The van der Waals surface area contributed by atoms with Gasteiger partial charge in [-0.2, -0.15) is 0 Å². The van der Waals surface area contributed by atoms with E-state index >= 15 is 0 Å². The van der Waals surface area contributed by atoms with E-state index < -0.39 is 0 Å². The van der Waals surface area contributed by atoms with Crippen LogP contribution >= 0.6 is 25.1 Å². The minimum Gasteiger partial charge on any atom is -0.314 e. The zero-order valence-corrected chi connectivity index (χ0v) is 33.0. The first-order valence-corrected chi connectivity index (χ1v) is 23.5. The van der Waals surface area contributed by atoms with Gasteiger partial charge in [0.25, 0.3) is 0 Å². The van der Waals surface area contributed by atoms with Crippen LogP contribution in [-0.4, -0.2) is 61.1 Å². The molecule has 0 radical (unpaired) electrons. The highest BCUT2D eigenvalue weighted by atomic mass is 31.1. The maximum absolute atomic E-state index is 4.01. The lowest BCUT2D eigenvalue weighted by Crippen LogP contribution is -2.57. The molecule has 0 amide bonds. The van der Waals surface area contributed by atoms with Crippen molar-refractivity contribution in [2.75, 3.05) is 39.3 Å². The van der Waals surface area contributed by atoms with Crippen LogP contribution in [0.15, 0.2) is 24.3 Å². The predicted octanol–water partition coefficient (Wildman–Crippen LogP) is 8.56. The summed E-state index contributed by atoms with van der Waals surface area (Å²) in [6.45, 7) is 17.5. The number of nitrogens with one attached hydrogen (secondary N) is 4. The van der Waals surface area contributed by atoms with Crippen molar-refractivity contribution in [3.8, 4) is 0 Å². The van der Waals surface area contributed by atoms with Crippen molar-refractivity contribution >= 4 is 25.1 Å². The zero-order chi connectivity index (χ0) is 32.1. The highest BCUT2D eigenvalue weighted by Crippen LogP contribution is 2.78. The van der Waals surface area contributed by atoms with Crippen LogP contribution in [0, 0.1) is 33.5 Å². The number of hydrogen-bond acceptors (Lipinski definition) is 4. The van der Waals surface area contributed by atoms with Gasteiger partial charge in [0, 0.05) is 56.2 Å². The van der Waals surface area contributed by atoms with Gasteiger partial charge in [-0.3, -0.25) is 0 Å². The van der Waals surface area contributed by atoms with Crippen LogP contribution in [0.25, 0.3) is 0 Å². The molecule has 10 aliphatic rings. The van der Waals surface area contributed by atoms with E-state index in [1.54, 1.807) is 24.0 Å². The van der Waals surface area contributed by atoms with E-state index in [9.17, 15) is 0 Å². The van der Waals surface area contributed by atoms with Crippen LogP contribution < -0.4 is 21.3 Å². The summed E-state index contributed by atoms with van der Waals surface area (Å²) in [5.41, 5.74) is 5.94. The molecule has 4 N–H and O–H groups in total. The quantitative estimate of drug-likeness (QED) is 0.196. The molecule has 1 aromatic rings. The van der Waals surface area contributed by atoms with Crippen LogP contribution in [0.4, 0.5) is 0 Å². The molecule has 8 aliphatic carbocycles. The van der Waals surface area contributed by atoms with Gasteiger partial charge in [0.05, 0.1) is 0 Å². The Balaban J connectivity index is 1.08. The smallest absolute Gasteiger partial charge is 0.0413 e. The third-order valence-corrected chi connectivity index (χ3v) is 22.2. The number of rotatable bonds is 9. The van der Waals surface area contributed by atoms with Gasteiger partial charge in [-0.1, -0.05) is 59.9 Å². The highest BCUT2D eigenvalue weighted by molar-refractivity contribution is 7.59. The van der Waals surface area contributed by atoms with Gasteiger partial charge in [0.2, 0.25) is 0 Å². The lowest BCUT2D eigenvalue weighted by atomic mass is 9.45. The van der Waals surface area contributed by atoms with Gasteiger partial charge in [-0.15, -0.1) is 17.2 Å². The molecule has 0 aromatic heterocycles. The van der Waals surface area contributed by atoms with E-state index in [0.29, 0.717) is 43.5 Å². The summed E-state index contributed by atoms with van der Waals surface area (Å²) >= 11 is 0. The summed E-state index contributed by atoms with van der Waals surface area (Å²) in [4.78, 5) is 0. The first-order chi connectivity index (χ1) is 22.4. The second-order valence-corrected chi connectivity index (χ2v) is 27.3. The molecule has 0 spiro atoms. The summed E-state index contributed by atoms with van der Waals surface area (Å²) < 4.78 is 0. The zero-order valence-electron chi connectivity index (χ0n) is 30.1. The molecule has 47 heavy (non-hydrogen) atoms. The average Bonchev–Trinajstić information content (AvgIpc) is 2.97. The molecule has 4 nitrogen and oxygen atoms in total. The molecule has 1 aromatic carbocycles. The third-order valence-electron chi connectivity index (χ3n) is 14.7. The normalized spacial score (nSPS) is 50.2. The van der Waals surface area contributed by atoms with Gasteiger partial charge >= 0.3 is 0 Å². The Kier molecular flexibility index (Phi) is 8.44. The van der Waals surface area contributed by atoms with E-state index in [2.05, 4.69) is 73.2 Å². The fourth-order valence-corrected chi connectivity index (χ4v) is 25.5. The minimum atomic E-state index is -0.252. The largest absolute Gasteiger partial charge is 0.314 e. The summed E-state index contributed by atoms with van der Waals surface area (Å²) in [6, 6.07) is 10.1. The summed E-state index contributed by atoms with van der Waals surface area (Å²) in [5.74, 6) is 3.18. The topological polar surface area (TPSA) is 48.1 Å². The summed E-state index contributed by atoms with van der Waals surface area (Å²) in [6.07, 6.45) is 19.6. The van der Waals surface area contributed by atoms with Gasteiger partial charge in [-0.05, 0) is 138 Å². The molecule has 8 unspecified atom stereocenters. The van der Waals surface area contributed by atoms with Gasteiger partial charge in [0.15, 0.2) is 0 Å². The number of benzene rings is 1. The van der Waals surface area contributed by atoms with Crippen molar-refractivity contribution in [3.63, 3.8) is 0 Å². The maximum Gasteiger partial charge on any atom is 0.0413 e. The molecule has 2 aliphatic heterocycles. The molecule has 8 atom stereocenters. The fourth-order valence-electron chi connectivity index (χ4n) is 15.4. The van der Waals surface area contributed by atoms with Gasteiger partial charge < -0.3 is 21.3 Å². The Morgan fingerprint density at radius 3 is 1.53 bits per heavy atom. The average molecular weight is 695 g/mol. The van der Waals surface area contributed by atoms with Crippen molar-refractivity contribution in [2.45, 2.75) is 138 Å². The molecule has 2 saturated heterocycles. The molecule has 8 bridgehead atoms. The minimum absolute atomic E-state index is 0.252. The third kappa shape index (κ3) is 6.40. The molecule has 260 valence electrons. The van der Waals surface area contributed by atoms with Crippen LogP contribution in [0.3, 0.4) is 0 Å². The van der Waals surface area contributed by atoms with Crippen molar-refractivity contribution in [1.82, 2.24) is 21.3 Å². The Morgan fingerprint density at radius 2 is 1.11 bits per heavy atom. The van der Waals surface area contributed by atoms with Crippen molar-refractivity contribution < 1.29 is 0 Å². The van der Waals surface area contributed by atoms with Crippen LogP contribution in [0.5, 0.6) is 0 Å². The van der Waals surface area contributed by atoms with E-state index in [1.807, 2.05) is 0 Å². The summed E-state index contributed by atoms with van der Waals surface area (Å²) in [7, 11) is 1.98. The Bertz CT molecular complexity index is 1230. The Morgan fingerprint density at radius 1 is 0.638 bits per heavy atom. The van der Waals surface area contributed by atoms with Gasteiger partial charge in [0.1, 0.15) is 0 Å². The molecule has 8 saturated carbocycles. The molecular formula is C40H65N4P3. The first-order valence-electron chi connectivity index (χ1n) is 19.7. The standard InChI is InChI=1S/C40H65N4P3/c1-35-13-28-14-36(2,22-35)25-39(17-28,24-35)45-34(46-40-18-29-15-37(3,26-40)23-38(4,16-29)27-40)31-8-6-5-7-30(31)21-47(32-19-41-9-11-43-32)33-20-42-10-12-44-33/h5-8,28-29,32-34,41-46H,9-27H2,1-4H3. The monoisotopic (exact) mass is 694 g/mol. The fraction of sp³-hybridized carbons (Fsp3) is 0.850. The lowest BCUT2D eigenvalue weighted by Gasteiger charge is -2.67. The Hall–Kier alpha value is 0.350. The second-order valence-electron chi connectivity index (χ2n) is 20.3. The van der Waals surface area contributed by atoms with E-state index in [1.165, 1.54) is 70.4 Å². The van der Waals surface area contributed by atoms with Crippen LogP contribution in [0.2, 0.25) is 0 Å². The molecule has 11 rings (SSSR count). The van der Waals surface area contributed by atoms with Crippen LogP contribution in [-0.2, 0) is 6.16 Å². The molecule has 2 heterocycles. The number of hydrogen-bond donors (Lipinski definition) is 4. The maximum atomic E-state index is 4.01. The van der Waals surface area contributed by atoms with Crippen molar-refractivity contribution in [2.24, 2.45) is 33.5 Å².